The van der Waals surface area contributed by atoms with Gasteiger partial charge in [0.25, 0.3) is 5.91 Å². The van der Waals surface area contributed by atoms with Gasteiger partial charge in [-0.2, -0.15) is 13.2 Å². The summed E-state index contributed by atoms with van der Waals surface area (Å²) in [4.78, 5) is 42.9. The quantitative estimate of drug-likeness (QED) is 0.195. The number of benzene rings is 3. The zero-order valence-corrected chi connectivity index (χ0v) is 26.9. The number of amides is 2. The smallest absolute Gasteiger partial charge is 0.416 e. The number of nitrogens with one attached hydrogen (secondary N) is 1. The number of fused-ring (bicyclic) bond motifs is 1. The van der Waals surface area contributed by atoms with Crippen molar-refractivity contribution in [2.45, 2.75) is 57.3 Å². The van der Waals surface area contributed by atoms with Gasteiger partial charge in [-0.25, -0.2) is 0 Å². The van der Waals surface area contributed by atoms with E-state index in [4.69, 9.17) is 16.0 Å². The van der Waals surface area contributed by atoms with Crippen LogP contribution in [0.25, 0.3) is 11.0 Å². The van der Waals surface area contributed by atoms with Crippen LogP contribution in [0.4, 0.5) is 18.9 Å². The summed E-state index contributed by atoms with van der Waals surface area (Å²) < 4.78 is 45.2. The molecule has 0 bridgehead atoms. The Hall–Kier alpha value is -4.57. The first-order chi connectivity index (χ1) is 23.0. The van der Waals surface area contributed by atoms with Gasteiger partial charge < -0.3 is 19.5 Å². The molecule has 7 nitrogen and oxygen atoms in total. The molecule has 4 aromatic rings. The SMILES string of the molecule is O=C(N[C@@H](C=C1CCN(c2ccccc2CN2CCCCC2=O)CC1)Cc1ccc(Cl)cc1)c1cc(=O)c2cc(C(F)(F)F)ccc2o1. The van der Waals surface area contributed by atoms with E-state index in [1.165, 1.54) is 0 Å². The molecular formula is C37H35ClF3N3O4. The highest BCUT2D eigenvalue weighted by Crippen LogP contribution is 2.31. The van der Waals surface area contributed by atoms with Crippen LogP contribution >= 0.6 is 11.6 Å². The maximum atomic E-state index is 13.4. The van der Waals surface area contributed by atoms with Gasteiger partial charge in [0.2, 0.25) is 5.91 Å². The van der Waals surface area contributed by atoms with Crippen LogP contribution in [0.15, 0.2) is 93.7 Å². The van der Waals surface area contributed by atoms with Gasteiger partial charge in [0, 0.05) is 49.4 Å². The van der Waals surface area contributed by atoms with Crippen LogP contribution in [0, 0.1) is 0 Å². The number of hydrogen-bond donors (Lipinski definition) is 1. The fraction of sp³-hybridized carbons (Fsp3) is 0.324. The van der Waals surface area contributed by atoms with Crippen LogP contribution in [0.3, 0.4) is 0 Å². The molecule has 6 rings (SSSR count). The topological polar surface area (TPSA) is 82.9 Å². The van der Waals surface area contributed by atoms with Crippen molar-refractivity contribution in [3.8, 4) is 0 Å². The summed E-state index contributed by atoms with van der Waals surface area (Å²) in [6, 6.07) is 18.6. The zero-order valence-electron chi connectivity index (χ0n) is 26.2. The zero-order chi connectivity index (χ0) is 33.8. The summed E-state index contributed by atoms with van der Waals surface area (Å²) in [7, 11) is 0. The minimum atomic E-state index is -4.62. The van der Waals surface area contributed by atoms with Gasteiger partial charge in [-0.05, 0) is 79.6 Å². The van der Waals surface area contributed by atoms with E-state index in [1.807, 2.05) is 35.2 Å². The Kier molecular flexibility index (Phi) is 9.91. The van der Waals surface area contributed by atoms with Crippen molar-refractivity contribution in [2.75, 3.05) is 24.5 Å². The molecule has 2 amide bonds. The standard InChI is InChI=1S/C37H35ClF3N3O4/c38-28-11-8-24(9-12-28)19-29(42-36(47)34-22-32(45)30-21-27(37(39,40)41)10-13-33(30)48-34)20-25-14-17-43(18-15-25)31-6-2-1-5-26(31)23-44-16-4-3-7-35(44)46/h1-2,5-6,8-13,20-22,29H,3-4,7,14-19,23H2,(H,42,47)/t29-/m1/s1. The van der Waals surface area contributed by atoms with E-state index >= 15 is 0 Å². The molecule has 3 aromatic carbocycles. The number of para-hydroxylation sites is 1. The van der Waals surface area contributed by atoms with Gasteiger partial charge >= 0.3 is 6.18 Å². The maximum absolute atomic E-state index is 13.4. The van der Waals surface area contributed by atoms with Crippen LogP contribution in [0.2, 0.25) is 5.02 Å². The maximum Gasteiger partial charge on any atom is 0.416 e. The Labute approximate surface area is 281 Å². The number of hydrogen-bond acceptors (Lipinski definition) is 5. The van der Waals surface area contributed by atoms with Crippen molar-refractivity contribution in [3.05, 3.63) is 122 Å². The number of anilines is 1. The number of likely N-dealkylation sites (tertiary alicyclic amines) is 1. The lowest BCUT2D eigenvalue weighted by atomic mass is 9.97. The summed E-state index contributed by atoms with van der Waals surface area (Å²) in [5, 5.41) is 3.29. The predicted molar refractivity (Wildman–Crippen MR) is 179 cm³/mol. The lowest BCUT2D eigenvalue weighted by molar-refractivity contribution is -0.137. The number of piperidine rings is 2. The molecule has 1 atom stereocenters. The molecule has 3 heterocycles. The highest BCUT2D eigenvalue weighted by molar-refractivity contribution is 6.30. The van der Waals surface area contributed by atoms with E-state index in [0.717, 1.165) is 92.0 Å². The molecule has 2 aliphatic heterocycles. The Balaban J connectivity index is 1.19. The lowest BCUT2D eigenvalue weighted by Crippen LogP contribution is -2.37. The summed E-state index contributed by atoms with van der Waals surface area (Å²) in [6.07, 6.45) is 1.95. The molecule has 0 saturated carbocycles. The van der Waals surface area contributed by atoms with Crippen molar-refractivity contribution in [1.82, 2.24) is 10.2 Å². The molecular weight excluding hydrogens is 643 g/mol. The summed E-state index contributed by atoms with van der Waals surface area (Å²) >= 11 is 6.09. The molecule has 0 radical (unpaired) electrons. The molecule has 1 aromatic heterocycles. The molecule has 2 aliphatic rings. The average molecular weight is 678 g/mol. The molecule has 48 heavy (non-hydrogen) atoms. The fourth-order valence-corrected chi connectivity index (χ4v) is 6.51. The van der Waals surface area contributed by atoms with Gasteiger partial charge in [0.1, 0.15) is 5.58 Å². The first-order valence-electron chi connectivity index (χ1n) is 16.0. The number of alkyl halides is 3. The van der Waals surface area contributed by atoms with Crippen LogP contribution < -0.4 is 15.6 Å². The van der Waals surface area contributed by atoms with Gasteiger partial charge in [-0.15, -0.1) is 0 Å². The van der Waals surface area contributed by atoms with Crippen LogP contribution in [0.1, 0.15) is 59.3 Å². The summed E-state index contributed by atoms with van der Waals surface area (Å²) in [5.41, 5.74) is 2.52. The summed E-state index contributed by atoms with van der Waals surface area (Å²) in [6.45, 7) is 2.90. The first kappa shape index (κ1) is 33.3. The van der Waals surface area contributed by atoms with E-state index in [1.54, 1.807) is 12.1 Å². The first-order valence-corrected chi connectivity index (χ1v) is 16.4. The van der Waals surface area contributed by atoms with E-state index < -0.39 is 29.1 Å². The Morgan fingerprint density at radius 3 is 2.42 bits per heavy atom. The predicted octanol–water partition coefficient (Wildman–Crippen LogP) is 7.55. The highest BCUT2D eigenvalue weighted by atomic mass is 35.5. The third-order valence-corrected chi connectivity index (χ3v) is 9.17. The molecule has 0 aliphatic carbocycles. The second-order valence-corrected chi connectivity index (χ2v) is 12.7. The second kappa shape index (κ2) is 14.3. The molecule has 11 heteroatoms. The highest BCUT2D eigenvalue weighted by Gasteiger charge is 2.31. The van der Waals surface area contributed by atoms with Gasteiger partial charge in [-0.1, -0.05) is 53.6 Å². The number of carbonyl (C=O) groups is 2. The van der Waals surface area contributed by atoms with Crippen molar-refractivity contribution in [2.24, 2.45) is 0 Å². The van der Waals surface area contributed by atoms with Crippen LogP contribution in [0.5, 0.6) is 0 Å². The average Bonchev–Trinajstić information content (AvgIpc) is 3.07. The lowest BCUT2D eigenvalue weighted by Gasteiger charge is -2.34. The minimum Gasteiger partial charge on any atom is -0.451 e. The molecule has 2 saturated heterocycles. The third kappa shape index (κ3) is 7.93. The van der Waals surface area contributed by atoms with E-state index in [2.05, 4.69) is 22.3 Å². The monoisotopic (exact) mass is 677 g/mol. The van der Waals surface area contributed by atoms with Crippen LogP contribution in [-0.4, -0.2) is 42.4 Å². The number of nitrogens with zero attached hydrogens (tertiary/aromatic N) is 2. The Bertz CT molecular complexity index is 1890. The van der Waals surface area contributed by atoms with Crippen molar-refractivity contribution >= 4 is 40.1 Å². The minimum absolute atomic E-state index is 0.106. The number of halogens is 4. The normalized spacial score (nSPS) is 16.2. The largest absolute Gasteiger partial charge is 0.451 e. The molecule has 1 N–H and O–H groups in total. The number of rotatable bonds is 8. The Morgan fingerprint density at radius 1 is 0.938 bits per heavy atom. The van der Waals surface area contributed by atoms with Gasteiger partial charge in [0.15, 0.2) is 11.2 Å². The third-order valence-electron chi connectivity index (χ3n) is 8.92. The molecule has 0 spiro atoms. The number of carbonyl (C=O) groups excluding carboxylic acids is 2. The molecule has 2 fully saturated rings. The van der Waals surface area contributed by atoms with Gasteiger partial charge in [-0.3, -0.25) is 14.4 Å². The fourth-order valence-electron chi connectivity index (χ4n) is 6.38. The van der Waals surface area contributed by atoms with E-state index in [9.17, 15) is 27.6 Å². The van der Waals surface area contributed by atoms with Crippen molar-refractivity contribution in [3.63, 3.8) is 0 Å². The molecule has 0 unspecified atom stereocenters. The van der Waals surface area contributed by atoms with E-state index in [0.29, 0.717) is 24.4 Å². The van der Waals surface area contributed by atoms with Gasteiger partial charge in [0.05, 0.1) is 17.0 Å². The molecule has 250 valence electrons. The van der Waals surface area contributed by atoms with Crippen molar-refractivity contribution in [1.29, 1.82) is 0 Å². The van der Waals surface area contributed by atoms with E-state index in [-0.39, 0.29) is 22.6 Å². The summed E-state index contributed by atoms with van der Waals surface area (Å²) in [5.74, 6) is -0.735. The second-order valence-electron chi connectivity index (χ2n) is 12.3. The Morgan fingerprint density at radius 2 is 1.69 bits per heavy atom. The van der Waals surface area contributed by atoms with Crippen LogP contribution in [-0.2, 0) is 23.9 Å². The van der Waals surface area contributed by atoms with Crippen molar-refractivity contribution < 1.29 is 27.2 Å².